The summed E-state index contributed by atoms with van der Waals surface area (Å²) in [6.07, 6.45) is 0.386. The third-order valence-electron chi connectivity index (χ3n) is 2.47. The summed E-state index contributed by atoms with van der Waals surface area (Å²) in [5.41, 5.74) is 0.720. The minimum absolute atomic E-state index is 0.329. The predicted molar refractivity (Wildman–Crippen MR) is 60.7 cm³/mol. The van der Waals surface area contributed by atoms with Crippen molar-refractivity contribution >= 4 is 22.0 Å². The number of rotatable bonds is 2. The first-order valence-corrected chi connectivity index (χ1v) is 5.59. The molecule has 1 N–H and O–H groups in total. The third kappa shape index (κ3) is 2.31. The van der Waals surface area contributed by atoms with E-state index in [2.05, 4.69) is 21.2 Å². The van der Waals surface area contributed by atoms with Gasteiger partial charge in [-0.3, -0.25) is 0 Å². The summed E-state index contributed by atoms with van der Waals surface area (Å²) in [6, 6.07) is 7.97. The lowest BCUT2D eigenvalue weighted by molar-refractivity contribution is 0.0723. The highest BCUT2D eigenvalue weighted by Gasteiger charge is 2.35. The maximum absolute atomic E-state index is 11.0. The van der Waals surface area contributed by atoms with E-state index < -0.39 is 5.60 Å². The average molecular weight is 270 g/mol. The van der Waals surface area contributed by atoms with Gasteiger partial charge in [-0.05, 0) is 18.6 Å². The summed E-state index contributed by atoms with van der Waals surface area (Å²) in [5, 5.41) is 2.67. The van der Waals surface area contributed by atoms with Crippen LogP contribution < -0.4 is 5.32 Å². The normalized spacial score (nSPS) is 24.8. The molecule has 1 saturated heterocycles. The fourth-order valence-corrected chi connectivity index (χ4v) is 2.12. The van der Waals surface area contributed by atoms with Crippen molar-refractivity contribution in [1.82, 2.24) is 5.32 Å². The molecular weight excluding hydrogens is 258 g/mol. The molecule has 0 aromatic heterocycles. The smallest absolute Gasteiger partial charge is 0.407 e. The number of carbonyl (C=O) groups is 1. The summed E-state index contributed by atoms with van der Waals surface area (Å²) >= 11 is 3.48. The van der Waals surface area contributed by atoms with Crippen molar-refractivity contribution in [3.63, 3.8) is 0 Å². The number of nitrogens with one attached hydrogen (secondary N) is 1. The Balaban J connectivity index is 2.15. The second-order valence-electron chi connectivity index (χ2n) is 3.96. The van der Waals surface area contributed by atoms with E-state index in [4.69, 9.17) is 4.74 Å². The van der Waals surface area contributed by atoms with Gasteiger partial charge in [0.2, 0.25) is 0 Å². The lowest BCUT2D eigenvalue weighted by Gasteiger charge is -2.21. The summed E-state index contributed by atoms with van der Waals surface area (Å²) in [7, 11) is 0. The first-order valence-electron chi connectivity index (χ1n) is 4.79. The van der Waals surface area contributed by atoms with Crippen LogP contribution in [0.5, 0.6) is 0 Å². The van der Waals surface area contributed by atoms with Crippen molar-refractivity contribution < 1.29 is 9.53 Å². The highest BCUT2D eigenvalue weighted by atomic mass is 79.9. The first-order chi connectivity index (χ1) is 7.09. The molecule has 0 saturated carbocycles. The molecule has 0 aliphatic carbocycles. The number of amides is 1. The SMILES string of the molecule is CC1(Cc2ccccc2Br)CNC(=O)O1. The second kappa shape index (κ2) is 3.85. The average Bonchev–Trinajstić information content (AvgIpc) is 2.51. The zero-order valence-corrected chi connectivity index (χ0v) is 10.0. The molecule has 1 heterocycles. The molecule has 1 aliphatic rings. The van der Waals surface area contributed by atoms with Crippen molar-refractivity contribution in [1.29, 1.82) is 0 Å². The maximum Gasteiger partial charge on any atom is 0.407 e. The predicted octanol–water partition coefficient (Wildman–Crippen LogP) is 2.49. The lowest BCUT2D eigenvalue weighted by atomic mass is 9.97. The van der Waals surface area contributed by atoms with Crippen LogP contribution in [0, 0.1) is 0 Å². The quantitative estimate of drug-likeness (QED) is 0.896. The van der Waals surface area contributed by atoms with E-state index in [-0.39, 0.29) is 6.09 Å². The number of carbonyl (C=O) groups excluding carboxylic acids is 1. The third-order valence-corrected chi connectivity index (χ3v) is 3.24. The van der Waals surface area contributed by atoms with Gasteiger partial charge in [0.25, 0.3) is 0 Å². The molecule has 4 heteroatoms. The van der Waals surface area contributed by atoms with Crippen molar-refractivity contribution in [2.24, 2.45) is 0 Å². The monoisotopic (exact) mass is 269 g/mol. The zero-order chi connectivity index (χ0) is 10.9. The minimum Gasteiger partial charge on any atom is -0.441 e. The molecule has 1 amide bonds. The topological polar surface area (TPSA) is 38.3 Å². The van der Waals surface area contributed by atoms with Gasteiger partial charge < -0.3 is 10.1 Å². The van der Waals surface area contributed by atoms with Crippen LogP contribution in [0.2, 0.25) is 0 Å². The molecule has 2 rings (SSSR count). The van der Waals surface area contributed by atoms with E-state index >= 15 is 0 Å². The van der Waals surface area contributed by atoms with Gasteiger partial charge in [0.05, 0.1) is 6.54 Å². The van der Waals surface area contributed by atoms with Crippen LogP contribution in [0.1, 0.15) is 12.5 Å². The molecule has 0 spiro atoms. The Labute approximate surface area is 96.9 Å². The van der Waals surface area contributed by atoms with Crippen LogP contribution >= 0.6 is 15.9 Å². The van der Waals surface area contributed by atoms with E-state index in [0.717, 1.165) is 10.0 Å². The van der Waals surface area contributed by atoms with Gasteiger partial charge in [0.1, 0.15) is 5.60 Å². The van der Waals surface area contributed by atoms with Crippen LogP contribution in [0.3, 0.4) is 0 Å². The van der Waals surface area contributed by atoms with E-state index in [1.54, 1.807) is 0 Å². The molecule has 1 unspecified atom stereocenters. The van der Waals surface area contributed by atoms with Gasteiger partial charge in [-0.15, -0.1) is 0 Å². The highest BCUT2D eigenvalue weighted by molar-refractivity contribution is 9.10. The van der Waals surface area contributed by atoms with Crippen LogP contribution in [-0.2, 0) is 11.2 Å². The Morgan fingerprint density at radius 2 is 2.27 bits per heavy atom. The Morgan fingerprint density at radius 3 is 2.87 bits per heavy atom. The summed E-state index contributed by atoms with van der Waals surface area (Å²) < 4.78 is 6.29. The molecule has 0 radical (unpaired) electrons. The molecule has 3 nitrogen and oxygen atoms in total. The molecule has 80 valence electrons. The fourth-order valence-electron chi connectivity index (χ4n) is 1.70. The molecule has 15 heavy (non-hydrogen) atoms. The molecular formula is C11H12BrNO2. The molecule has 1 fully saturated rings. The van der Waals surface area contributed by atoms with Crippen molar-refractivity contribution in [2.45, 2.75) is 18.9 Å². The summed E-state index contributed by atoms with van der Waals surface area (Å²) in [5.74, 6) is 0. The van der Waals surface area contributed by atoms with Crippen LogP contribution in [-0.4, -0.2) is 18.2 Å². The van der Waals surface area contributed by atoms with Gasteiger partial charge in [-0.1, -0.05) is 34.1 Å². The number of hydrogen-bond donors (Lipinski definition) is 1. The number of benzene rings is 1. The molecule has 0 bridgehead atoms. The van der Waals surface area contributed by atoms with Crippen LogP contribution in [0.4, 0.5) is 4.79 Å². The number of ether oxygens (including phenoxy) is 1. The lowest BCUT2D eigenvalue weighted by Crippen LogP contribution is -2.31. The van der Waals surface area contributed by atoms with Crippen molar-refractivity contribution in [2.75, 3.05) is 6.54 Å². The fraction of sp³-hybridized carbons (Fsp3) is 0.364. The molecule has 1 aliphatic heterocycles. The standard InChI is InChI=1S/C11H12BrNO2/c1-11(7-13-10(14)15-11)6-8-4-2-3-5-9(8)12/h2-5H,6-7H2,1H3,(H,13,14). The van der Waals surface area contributed by atoms with E-state index in [9.17, 15) is 4.79 Å². The molecule has 1 aromatic carbocycles. The molecule has 1 atom stereocenters. The summed E-state index contributed by atoms with van der Waals surface area (Å²) in [4.78, 5) is 11.0. The number of hydrogen-bond acceptors (Lipinski definition) is 2. The Hall–Kier alpha value is -1.03. The highest BCUT2D eigenvalue weighted by Crippen LogP contribution is 2.25. The van der Waals surface area contributed by atoms with Gasteiger partial charge >= 0.3 is 6.09 Å². The largest absolute Gasteiger partial charge is 0.441 e. The Morgan fingerprint density at radius 1 is 1.53 bits per heavy atom. The van der Waals surface area contributed by atoms with E-state index in [0.29, 0.717) is 13.0 Å². The second-order valence-corrected chi connectivity index (χ2v) is 4.82. The number of cyclic esters (lactones) is 1. The number of alkyl carbamates (subject to hydrolysis) is 1. The van der Waals surface area contributed by atoms with Crippen LogP contribution in [0.25, 0.3) is 0 Å². The molecule has 1 aromatic rings. The number of halogens is 1. The first kappa shape index (κ1) is 10.5. The Bertz CT molecular complexity index is 394. The maximum atomic E-state index is 11.0. The Kier molecular flexibility index (Phi) is 2.69. The zero-order valence-electron chi connectivity index (χ0n) is 8.42. The van der Waals surface area contributed by atoms with Gasteiger partial charge in [-0.25, -0.2) is 4.79 Å². The van der Waals surface area contributed by atoms with Crippen molar-refractivity contribution in [3.05, 3.63) is 34.3 Å². The van der Waals surface area contributed by atoms with Crippen molar-refractivity contribution in [3.8, 4) is 0 Å². The van der Waals surface area contributed by atoms with Gasteiger partial charge in [0.15, 0.2) is 0 Å². The van der Waals surface area contributed by atoms with E-state index in [1.807, 2.05) is 31.2 Å². The minimum atomic E-state index is -0.430. The van der Waals surface area contributed by atoms with Gasteiger partial charge in [0, 0.05) is 10.9 Å². The summed E-state index contributed by atoms with van der Waals surface area (Å²) in [6.45, 7) is 2.50. The van der Waals surface area contributed by atoms with E-state index in [1.165, 1.54) is 0 Å². The van der Waals surface area contributed by atoms with Gasteiger partial charge in [-0.2, -0.15) is 0 Å². The van der Waals surface area contributed by atoms with Crippen LogP contribution in [0.15, 0.2) is 28.7 Å².